The molecule has 0 N–H and O–H groups in total. The van der Waals surface area contributed by atoms with E-state index in [9.17, 15) is 9.90 Å². The van der Waals surface area contributed by atoms with Gasteiger partial charge >= 0.3 is 0 Å². The second kappa shape index (κ2) is 15.2. The molecular formula is C21H39NO3. The Balaban J connectivity index is 3.76. The molecule has 146 valence electrons. The minimum atomic E-state index is -1.05. The van der Waals surface area contributed by atoms with E-state index in [-0.39, 0.29) is 12.5 Å². The zero-order valence-corrected chi connectivity index (χ0v) is 16.8. The van der Waals surface area contributed by atoms with Gasteiger partial charge in [0.25, 0.3) is 0 Å². The van der Waals surface area contributed by atoms with Crippen molar-refractivity contribution in [3.8, 4) is 0 Å². The van der Waals surface area contributed by atoms with E-state index in [1.165, 1.54) is 38.5 Å². The van der Waals surface area contributed by atoms with Gasteiger partial charge in [-0.2, -0.15) is 0 Å². The van der Waals surface area contributed by atoms with Gasteiger partial charge in [0.05, 0.1) is 27.7 Å². The molecule has 0 aliphatic carbocycles. The summed E-state index contributed by atoms with van der Waals surface area (Å²) in [5.41, 5.74) is 0. The van der Waals surface area contributed by atoms with Gasteiger partial charge in [0, 0.05) is 12.4 Å². The Morgan fingerprint density at radius 3 is 2.20 bits per heavy atom. The van der Waals surface area contributed by atoms with Crippen LogP contribution in [0.1, 0.15) is 64.7 Å². The van der Waals surface area contributed by atoms with E-state index in [2.05, 4.69) is 25.2 Å². The zero-order chi connectivity index (χ0) is 19.0. The fourth-order valence-corrected chi connectivity index (χ4v) is 2.67. The van der Waals surface area contributed by atoms with Crippen LogP contribution < -0.4 is 5.11 Å². The molecular weight excluding hydrogens is 314 g/mol. The Hall–Kier alpha value is -1.13. The highest BCUT2D eigenvalue weighted by Crippen LogP contribution is 2.07. The zero-order valence-electron chi connectivity index (χ0n) is 16.8. The van der Waals surface area contributed by atoms with Gasteiger partial charge in [0.1, 0.15) is 12.6 Å². The third-order valence-corrected chi connectivity index (χ3v) is 3.89. The van der Waals surface area contributed by atoms with Crippen molar-refractivity contribution >= 4 is 5.97 Å². The molecule has 0 spiro atoms. The number of carbonyl (C=O) groups is 1. The van der Waals surface area contributed by atoms with Crippen LogP contribution in [0, 0.1) is 0 Å². The summed E-state index contributed by atoms with van der Waals surface area (Å²) in [5.74, 6) is -1.05. The highest BCUT2D eigenvalue weighted by molar-refractivity contribution is 5.64. The van der Waals surface area contributed by atoms with Crippen molar-refractivity contribution in [1.29, 1.82) is 0 Å². The number of rotatable bonds is 16. The molecule has 0 saturated carbocycles. The molecule has 0 aromatic carbocycles. The SMILES string of the molecule is CCCCCCCCC=CC=CCCOC(CC(=O)[O-])C[N+](C)(C)C. The average Bonchev–Trinajstić information content (AvgIpc) is 2.49. The lowest BCUT2D eigenvalue weighted by molar-refractivity contribution is -0.873. The molecule has 0 aromatic heterocycles. The first-order valence-corrected chi connectivity index (χ1v) is 9.78. The fourth-order valence-electron chi connectivity index (χ4n) is 2.67. The molecule has 0 amide bonds. The number of allylic oxidation sites excluding steroid dienone is 3. The number of hydrogen-bond acceptors (Lipinski definition) is 3. The van der Waals surface area contributed by atoms with Crippen LogP contribution in [0.25, 0.3) is 0 Å². The Morgan fingerprint density at radius 2 is 1.60 bits per heavy atom. The first kappa shape index (κ1) is 23.9. The summed E-state index contributed by atoms with van der Waals surface area (Å²) < 4.78 is 6.38. The third kappa shape index (κ3) is 19.0. The number of hydrogen-bond donors (Lipinski definition) is 0. The van der Waals surface area contributed by atoms with E-state index < -0.39 is 5.97 Å². The van der Waals surface area contributed by atoms with Crippen molar-refractivity contribution in [2.24, 2.45) is 0 Å². The van der Waals surface area contributed by atoms with Crippen molar-refractivity contribution in [2.45, 2.75) is 70.8 Å². The van der Waals surface area contributed by atoms with E-state index in [0.717, 1.165) is 12.8 Å². The lowest BCUT2D eigenvalue weighted by atomic mass is 10.1. The molecule has 4 heteroatoms. The summed E-state index contributed by atoms with van der Waals surface area (Å²) in [6.45, 7) is 3.45. The van der Waals surface area contributed by atoms with Crippen LogP contribution >= 0.6 is 0 Å². The van der Waals surface area contributed by atoms with Crippen molar-refractivity contribution in [2.75, 3.05) is 34.3 Å². The minimum Gasteiger partial charge on any atom is -0.550 e. The van der Waals surface area contributed by atoms with E-state index >= 15 is 0 Å². The van der Waals surface area contributed by atoms with Gasteiger partial charge in [-0.1, -0.05) is 63.3 Å². The molecule has 25 heavy (non-hydrogen) atoms. The second-order valence-electron chi connectivity index (χ2n) is 7.74. The highest BCUT2D eigenvalue weighted by Gasteiger charge is 2.18. The number of nitrogens with zero attached hydrogens (tertiary/aromatic N) is 1. The topological polar surface area (TPSA) is 49.4 Å². The van der Waals surface area contributed by atoms with E-state index in [1.54, 1.807) is 0 Å². The minimum absolute atomic E-state index is 0.0443. The standard InChI is InChI=1S/C21H39NO3/c1-5-6-7-8-9-10-11-12-13-14-15-16-17-25-20(18-21(23)24)19-22(2,3)4/h12-15,20H,5-11,16-19H2,1-4H3. The van der Waals surface area contributed by atoms with Gasteiger partial charge in [-0.25, -0.2) is 0 Å². The number of likely N-dealkylation sites (N-methyl/N-ethyl adjacent to an activating group) is 1. The van der Waals surface area contributed by atoms with E-state index in [1.807, 2.05) is 27.2 Å². The Labute approximate surface area is 155 Å². The van der Waals surface area contributed by atoms with Crippen LogP contribution in [0.3, 0.4) is 0 Å². The van der Waals surface area contributed by atoms with Crippen LogP contribution in [0.2, 0.25) is 0 Å². The number of unbranched alkanes of at least 4 members (excludes halogenated alkanes) is 6. The summed E-state index contributed by atoms with van der Waals surface area (Å²) in [5, 5.41) is 10.8. The van der Waals surface area contributed by atoms with E-state index in [0.29, 0.717) is 17.6 Å². The summed E-state index contributed by atoms with van der Waals surface area (Å²) in [6, 6.07) is 0. The number of ether oxygens (including phenoxy) is 1. The van der Waals surface area contributed by atoms with Crippen molar-refractivity contribution < 1.29 is 19.1 Å². The van der Waals surface area contributed by atoms with Crippen molar-refractivity contribution in [3.05, 3.63) is 24.3 Å². The van der Waals surface area contributed by atoms with Gasteiger partial charge in [0.2, 0.25) is 0 Å². The van der Waals surface area contributed by atoms with Gasteiger partial charge in [-0.3, -0.25) is 0 Å². The van der Waals surface area contributed by atoms with Crippen molar-refractivity contribution in [3.63, 3.8) is 0 Å². The molecule has 0 fully saturated rings. The van der Waals surface area contributed by atoms with Gasteiger partial charge < -0.3 is 19.1 Å². The maximum atomic E-state index is 10.8. The smallest absolute Gasteiger partial charge is 0.112 e. The van der Waals surface area contributed by atoms with Gasteiger partial charge in [0.15, 0.2) is 0 Å². The third-order valence-electron chi connectivity index (χ3n) is 3.89. The predicted octanol–water partition coefficient (Wildman–Crippen LogP) is 3.47. The first-order valence-electron chi connectivity index (χ1n) is 9.78. The molecule has 0 aliphatic heterocycles. The first-order chi connectivity index (χ1) is 11.8. The lowest BCUT2D eigenvalue weighted by Gasteiger charge is -2.29. The number of quaternary nitrogens is 1. The van der Waals surface area contributed by atoms with Crippen LogP contribution in [0.5, 0.6) is 0 Å². The summed E-state index contributed by atoms with van der Waals surface area (Å²) in [6.07, 6.45) is 18.0. The summed E-state index contributed by atoms with van der Waals surface area (Å²) in [4.78, 5) is 10.8. The number of carboxylic acids is 1. The predicted molar refractivity (Wildman–Crippen MR) is 103 cm³/mol. The molecule has 0 bridgehead atoms. The number of aliphatic carboxylic acids is 1. The monoisotopic (exact) mass is 353 g/mol. The number of carbonyl (C=O) groups excluding carboxylic acids is 1. The molecule has 4 nitrogen and oxygen atoms in total. The highest BCUT2D eigenvalue weighted by atomic mass is 16.5. The Morgan fingerprint density at radius 1 is 1.00 bits per heavy atom. The fraction of sp³-hybridized carbons (Fsp3) is 0.762. The second-order valence-corrected chi connectivity index (χ2v) is 7.74. The molecule has 0 radical (unpaired) electrons. The molecule has 0 rings (SSSR count). The number of carboxylic acid groups (broad SMARTS) is 1. The van der Waals surface area contributed by atoms with Crippen LogP contribution in [0.4, 0.5) is 0 Å². The Bertz CT molecular complexity index is 383. The maximum absolute atomic E-state index is 10.8. The average molecular weight is 354 g/mol. The molecule has 1 atom stereocenters. The quantitative estimate of drug-likeness (QED) is 0.242. The molecule has 0 aliphatic rings. The maximum Gasteiger partial charge on any atom is 0.112 e. The van der Waals surface area contributed by atoms with Crippen LogP contribution in [0.15, 0.2) is 24.3 Å². The summed E-state index contributed by atoms with van der Waals surface area (Å²) in [7, 11) is 6.08. The normalized spacial score (nSPS) is 13.8. The largest absolute Gasteiger partial charge is 0.550 e. The lowest BCUT2D eigenvalue weighted by Crippen LogP contribution is -2.44. The summed E-state index contributed by atoms with van der Waals surface area (Å²) >= 11 is 0. The molecule has 1 unspecified atom stereocenters. The molecule has 0 heterocycles. The van der Waals surface area contributed by atoms with Crippen LogP contribution in [-0.2, 0) is 9.53 Å². The van der Waals surface area contributed by atoms with Gasteiger partial charge in [-0.05, 0) is 19.3 Å². The van der Waals surface area contributed by atoms with Crippen molar-refractivity contribution in [1.82, 2.24) is 0 Å². The Kier molecular flexibility index (Phi) is 14.5. The molecule has 0 saturated heterocycles. The molecule has 0 aromatic rings. The van der Waals surface area contributed by atoms with Gasteiger partial charge in [-0.15, -0.1) is 0 Å². The van der Waals surface area contributed by atoms with E-state index in [4.69, 9.17) is 4.74 Å². The van der Waals surface area contributed by atoms with Crippen LogP contribution in [-0.4, -0.2) is 50.9 Å².